The SMILES string of the molecule is COc1nc(C(=O)NCCCC(C)(C)CO)cc2ccccc12. The van der Waals surface area contributed by atoms with Crippen LogP contribution in [0.25, 0.3) is 10.8 Å². The molecular formula is C18H24N2O3. The van der Waals surface area contributed by atoms with Crippen molar-refractivity contribution in [3.05, 3.63) is 36.0 Å². The predicted octanol–water partition coefficient (Wildman–Crippen LogP) is 2.77. The number of methoxy groups -OCH3 is 1. The van der Waals surface area contributed by atoms with Crippen molar-refractivity contribution in [2.75, 3.05) is 20.3 Å². The quantitative estimate of drug-likeness (QED) is 0.771. The van der Waals surface area contributed by atoms with E-state index in [1.165, 1.54) is 0 Å². The van der Waals surface area contributed by atoms with Gasteiger partial charge >= 0.3 is 0 Å². The molecule has 0 bridgehead atoms. The number of benzene rings is 1. The molecule has 0 aliphatic carbocycles. The third kappa shape index (κ3) is 4.42. The highest BCUT2D eigenvalue weighted by Crippen LogP contribution is 2.24. The molecule has 1 amide bonds. The molecule has 0 spiro atoms. The Labute approximate surface area is 136 Å². The van der Waals surface area contributed by atoms with E-state index in [4.69, 9.17) is 4.74 Å². The molecule has 5 heteroatoms. The Morgan fingerprint density at radius 2 is 2.09 bits per heavy atom. The van der Waals surface area contributed by atoms with Crippen molar-refractivity contribution in [3.8, 4) is 5.88 Å². The number of hydrogen-bond acceptors (Lipinski definition) is 4. The van der Waals surface area contributed by atoms with Crippen molar-refractivity contribution in [1.29, 1.82) is 0 Å². The number of amides is 1. The highest BCUT2D eigenvalue weighted by atomic mass is 16.5. The van der Waals surface area contributed by atoms with Gasteiger partial charge in [0.25, 0.3) is 5.91 Å². The molecule has 0 aliphatic heterocycles. The summed E-state index contributed by atoms with van der Waals surface area (Å²) in [6.07, 6.45) is 1.66. The summed E-state index contributed by atoms with van der Waals surface area (Å²) in [6, 6.07) is 9.44. The lowest BCUT2D eigenvalue weighted by molar-refractivity contribution is 0.0943. The molecule has 1 heterocycles. The normalized spacial score (nSPS) is 11.5. The Morgan fingerprint density at radius 3 is 2.78 bits per heavy atom. The van der Waals surface area contributed by atoms with E-state index in [-0.39, 0.29) is 17.9 Å². The van der Waals surface area contributed by atoms with Crippen molar-refractivity contribution in [3.63, 3.8) is 0 Å². The molecular weight excluding hydrogens is 292 g/mol. The number of nitrogens with zero attached hydrogens (tertiary/aromatic N) is 1. The van der Waals surface area contributed by atoms with Gasteiger partial charge < -0.3 is 15.2 Å². The topological polar surface area (TPSA) is 71.5 Å². The van der Waals surface area contributed by atoms with Gasteiger partial charge in [-0.3, -0.25) is 4.79 Å². The zero-order valence-electron chi connectivity index (χ0n) is 13.9. The minimum absolute atomic E-state index is 0.116. The molecule has 124 valence electrons. The molecule has 0 aliphatic rings. The number of aromatic nitrogens is 1. The standard InChI is InChI=1S/C18H24N2O3/c1-18(2,12-21)9-6-10-19-16(22)15-11-13-7-4-5-8-14(13)17(20-15)23-3/h4-5,7-8,11,21H,6,9-10,12H2,1-3H3,(H,19,22). The van der Waals surface area contributed by atoms with Crippen LogP contribution in [0.3, 0.4) is 0 Å². The average Bonchev–Trinajstić information content (AvgIpc) is 2.57. The summed E-state index contributed by atoms with van der Waals surface area (Å²) in [5, 5.41) is 13.9. The number of hydrogen-bond donors (Lipinski definition) is 2. The van der Waals surface area contributed by atoms with Gasteiger partial charge in [0.2, 0.25) is 5.88 Å². The summed E-state index contributed by atoms with van der Waals surface area (Å²) < 4.78 is 5.28. The summed E-state index contributed by atoms with van der Waals surface area (Å²) in [5.74, 6) is 0.241. The average molecular weight is 316 g/mol. The van der Waals surface area contributed by atoms with E-state index >= 15 is 0 Å². The van der Waals surface area contributed by atoms with Crippen LogP contribution in [0.2, 0.25) is 0 Å². The van der Waals surface area contributed by atoms with Gasteiger partial charge in [-0.25, -0.2) is 4.98 Å². The molecule has 23 heavy (non-hydrogen) atoms. The first kappa shape index (κ1) is 17.2. The van der Waals surface area contributed by atoms with Crippen LogP contribution in [-0.2, 0) is 0 Å². The van der Waals surface area contributed by atoms with Gasteiger partial charge in [0.05, 0.1) is 7.11 Å². The van der Waals surface area contributed by atoms with E-state index in [1.807, 2.05) is 38.1 Å². The number of nitrogens with one attached hydrogen (secondary N) is 1. The van der Waals surface area contributed by atoms with Gasteiger partial charge in [-0.2, -0.15) is 0 Å². The molecule has 1 aromatic carbocycles. The summed E-state index contributed by atoms with van der Waals surface area (Å²) in [4.78, 5) is 16.6. The second-order valence-electron chi connectivity index (χ2n) is 6.42. The number of carbonyl (C=O) groups is 1. The van der Waals surface area contributed by atoms with Gasteiger partial charge in [-0.1, -0.05) is 32.0 Å². The summed E-state index contributed by atoms with van der Waals surface area (Å²) in [6.45, 7) is 4.71. The maximum absolute atomic E-state index is 12.3. The van der Waals surface area contributed by atoms with Gasteiger partial charge in [-0.05, 0) is 35.8 Å². The van der Waals surface area contributed by atoms with E-state index in [9.17, 15) is 9.90 Å². The smallest absolute Gasteiger partial charge is 0.270 e. The van der Waals surface area contributed by atoms with E-state index in [0.29, 0.717) is 18.1 Å². The fourth-order valence-electron chi connectivity index (χ4n) is 2.38. The van der Waals surface area contributed by atoms with E-state index in [2.05, 4.69) is 10.3 Å². The minimum Gasteiger partial charge on any atom is -0.481 e. The first-order valence-corrected chi connectivity index (χ1v) is 7.80. The second kappa shape index (κ2) is 7.42. The van der Waals surface area contributed by atoms with E-state index < -0.39 is 0 Å². The Morgan fingerprint density at radius 1 is 1.35 bits per heavy atom. The number of rotatable bonds is 7. The van der Waals surface area contributed by atoms with Crippen molar-refractivity contribution in [1.82, 2.24) is 10.3 Å². The van der Waals surface area contributed by atoms with Crippen molar-refractivity contribution >= 4 is 16.7 Å². The number of aliphatic hydroxyl groups is 1. The molecule has 2 rings (SSSR count). The van der Waals surface area contributed by atoms with E-state index in [0.717, 1.165) is 23.6 Å². The van der Waals surface area contributed by atoms with Crippen LogP contribution in [0.5, 0.6) is 5.88 Å². The lowest BCUT2D eigenvalue weighted by Gasteiger charge is -2.21. The van der Waals surface area contributed by atoms with Crippen LogP contribution in [0, 0.1) is 5.41 Å². The van der Waals surface area contributed by atoms with Crippen LogP contribution < -0.4 is 10.1 Å². The largest absolute Gasteiger partial charge is 0.481 e. The molecule has 0 saturated heterocycles. The van der Waals surface area contributed by atoms with Crippen LogP contribution >= 0.6 is 0 Å². The molecule has 1 aromatic heterocycles. The predicted molar refractivity (Wildman–Crippen MR) is 90.7 cm³/mol. The summed E-state index contributed by atoms with van der Waals surface area (Å²) >= 11 is 0. The lowest BCUT2D eigenvalue weighted by atomic mass is 9.89. The molecule has 0 fully saturated rings. The van der Waals surface area contributed by atoms with Crippen LogP contribution in [-0.4, -0.2) is 36.3 Å². The van der Waals surface area contributed by atoms with Crippen LogP contribution in [0.15, 0.2) is 30.3 Å². The monoisotopic (exact) mass is 316 g/mol. The van der Waals surface area contributed by atoms with E-state index in [1.54, 1.807) is 13.2 Å². The zero-order chi connectivity index (χ0) is 16.9. The fraction of sp³-hybridized carbons (Fsp3) is 0.444. The molecule has 5 nitrogen and oxygen atoms in total. The summed E-state index contributed by atoms with van der Waals surface area (Å²) in [5.41, 5.74) is 0.233. The maximum Gasteiger partial charge on any atom is 0.270 e. The number of carbonyl (C=O) groups excluding carboxylic acids is 1. The van der Waals surface area contributed by atoms with Gasteiger partial charge in [0.15, 0.2) is 0 Å². The molecule has 0 saturated carbocycles. The molecule has 0 atom stereocenters. The number of aliphatic hydroxyl groups excluding tert-OH is 1. The third-order valence-electron chi connectivity index (χ3n) is 3.88. The van der Waals surface area contributed by atoms with Crippen molar-refractivity contribution < 1.29 is 14.6 Å². The van der Waals surface area contributed by atoms with Crippen LogP contribution in [0.1, 0.15) is 37.2 Å². The third-order valence-corrected chi connectivity index (χ3v) is 3.88. The Balaban J connectivity index is 2.04. The Kier molecular flexibility index (Phi) is 5.55. The van der Waals surface area contributed by atoms with Crippen molar-refractivity contribution in [2.45, 2.75) is 26.7 Å². The second-order valence-corrected chi connectivity index (χ2v) is 6.42. The highest BCUT2D eigenvalue weighted by molar-refractivity contribution is 5.98. The number of pyridine rings is 1. The molecule has 0 radical (unpaired) electrons. The highest BCUT2D eigenvalue weighted by Gasteiger charge is 2.16. The fourth-order valence-corrected chi connectivity index (χ4v) is 2.38. The first-order chi connectivity index (χ1) is 11.0. The van der Waals surface area contributed by atoms with Gasteiger partial charge in [0.1, 0.15) is 5.69 Å². The first-order valence-electron chi connectivity index (χ1n) is 7.80. The maximum atomic E-state index is 12.3. The molecule has 2 aromatic rings. The van der Waals surface area contributed by atoms with Gasteiger partial charge in [0, 0.05) is 18.5 Å². The number of ether oxygens (including phenoxy) is 1. The number of fused-ring (bicyclic) bond motifs is 1. The Bertz CT molecular complexity index is 683. The minimum atomic E-state index is -0.212. The van der Waals surface area contributed by atoms with Crippen molar-refractivity contribution in [2.24, 2.45) is 5.41 Å². The lowest BCUT2D eigenvalue weighted by Crippen LogP contribution is -2.27. The Hall–Kier alpha value is -2.14. The molecule has 2 N–H and O–H groups in total. The van der Waals surface area contributed by atoms with Gasteiger partial charge in [-0.15, -0.1) is 0 Å². The molecule has 0 unspecified atom stereocenters. The van der Waals surface area contributed by atoms with Crippen LogP contribution in [0.4, 0.5) is 0 Å². The zero-order valence-corrected chi connectivity index (χ0v) is 13.9. The summed E-state index contributed by atoms with van der Waals surface area (Å²) in [7, 11) is 1.55.